The monoisotopic (exact) mass is 311 g/mol. The smallest absolute Gasteiger partial charge is 0.262 e. The summed E-state index contributed by atoms with van der Waals surface area (Å²) in [7, 11) is 0. The first-order valence-electron chi connectivity index (χ1n) is 7.89. The zero-order chi connectivity index (χ0) is 16.7. The predicted molar refractivity (Wildman–Crippen MR) is 89.4 cm³/mol. The number of rotatable bonds is 4. The Kier molecular flexibility index (Phi) is 5.93. The van der Waals surface area contributed by atoms with Crippen molar-refractivity contribution in [3.05, 3.63) is 35.4 Å². The number of carbonyl (C=O) groups is 2. The van der Waals surface area contributed by atoms with Gasteiger partial charge in [0.15, 0.2) is 0 Å². The van der Waals surface area contributed by atoms with Gasteiger partial charge in [0.1, 0.15) is 11.6 Å². The summed E-state index contributed by atoms with van der Waals surface area (Å²) in [6.45, 7) is 1.44. The minimum atomic E-state index is -0.315. The zero-order valence-electron chi connectivity index (χ0n) is 13.3. The maximum Gasteiger partial charge on any atom is 0.262 e. The lowest BCUT2D eigenvalue weighted by atomic mass is 9.95. The number of benzene rings is 1. The average Bonchev–Trinajstić information content (AvgIpc) is 2.54. The third-order valence-electron chi connectivity index (χ3n) is 3.85. The Morgan fingerprint density at radius 2 is 1.83 bits per heavy atom. The van der Waals surface area contributed by atoms with Gasteiger partial charge in [0, 0.05) is 18.7 Å². The number of nitrogens with zero attached hydrogens (tertiary/aromatic N) is 1. The van der Waals surface area contributed by atoms with Crippen molar-refractivity contribution in [2.45, 2.75) is 45.1 Å². The largest absolute Gasteiger partial charge is 0.349 e. The standard InChI is InChI=1S/C18H21N3O2/c1-13(22)20-17-9-7-14(8-10-17)11-15(12-19)18(23)21-16-5-3-2-4-6-16/h7-11,16H,2-6H2,1H3,(H,20,22)(H,21,23)/b15-11-. The van der Waals surface area contributed by atoms with Crippen molar-refractivity contribution in [2.75, 3.05) is 5.32 Å². The first kappa shape index (κ1) is 16.8. The van der Waals surface area contributed by atoms with Crippen LogP contribution in [0.1, 0.15) is 44.6 Å². The molecule has 1 aliphatic carbocycles. The van der Waals surface area contributed by atoms with Gasteiger partial charge in [0.2, 0.25) is 5.91 Å². The highest BCUT2D eigenvalue weighted by molar-refractivity contribution is 6.01. The summed E-state index contributed by atoms with van der Waals surface area (Å²) < 4.78 is 0. The van der Waals surface area contributed by atoms with E-state index < -0.39 is 0 Å². The Balaban J connectivity index is 2.03. The maximum atomic E-state index is 12.2. The highest BCUT2D eigenvalue weighted by atomic mass is 16.2. The molecule has 1 aliphatic rings. The second-order valence-corrected chi connectivity index (χ2v) is 5.78. The van der Waals surface area contributed by atoms with E-state index in [9.17, 15) is 14.9 Å². The summed E-state index contributed by atoms with van der Waals surface area (Å²) in [5.74, 6) is -0.455. The Labute approximate surface area is 136 Å². The first-order valence-corrected chi connectivity index (χ1v) is 7.89. The van der Waals surface area contributed by atoms with Crippen LogP contribution in [0.5, 0.6) is 0 Å². The molecule has 2 amide bonds. The molecule has 120 valence electrons. The number of nitrogens with one attached hydrogen (secondary N) is 2. The molecular weight excluding hydrogens is 290 g/mol. The molecule has 0 radical (unpaired) electrons. The van der Waals surface area contributed by atoms with Gasteiger partial charge in [-0.25, -0.2) is 0 Å². The molecule has 0 spiro atoms. The van der Waals surface area contributed by atoms with Gasteiger partial charge in [-0.05, 0) is 36.6 Å². The Hall–Kier alpha value is -2.61. The number of carbonyl (C=O) groups excluding carboxylic acids is 2. The van der Waals surface area contributed by atoms with Crippen LogP contribution in [-0.4, -0.2) is 17.9 Å². The number of nitriles is 1. The van der Waals surface area contributed by atoms with Crippen LogP contribution in [-0.2, 0) is 9.59 Å². The molecule has 0 aromatic heterocycles. The molecule has 0 atom stereocenters. The number of hydrogen-bond acceptors (Lipinski definition) is 3. The topological polar surface area (TPSA) is 82.0 Å². The Morgan fingerprint density at radius 3 is 2.39 bits per heavy atom. The van der Waals surface area contributed by atoms with Crippen molar-refractivity contribution in [3.8, 4) is 6.07 Å². The molecule has 0 unspecified atom stereocenters. The average molecular weight is 311 g/mol. The highest BCUT2D eigenvalue weighted by Gasteiger charge is 2.17. The fourth-order valence-electron chi connectivity index (χ4n) is 2.69. The number of amides is 2. The molecule has 23 heavy (non-hydrogen) atoms. The highest BCUT2D eigenvalue weighted by Crippen LogP contribution is 2.18. The Morgan fingerprint density at radius 1 is 1.17 bits per heavy atom. The summed E-state index contributed by atoms with van der Waals surface area (Å²) in [5.41, 5.74) is 1.53. The van der Waals surface area contributed by atoms with E-state index in [1.165, 1.54) is 13.3 Å². The van der Waals surface area contributed by atoms with E-state index >= 15 is 0 Å². The van der Waals surface area contributed by atoms with Crippen LogP contribution < -0.4 is 10.6 Å². The molecule has 0 heterocycles. The molecule has 1 aromatic rings. The van der Waals surface area contributed by atoms with Crippen LogP contribution in [0.25, 0.3) is 6.08 Å². The summed E-state index contributed by atoms with van der Waals surface area (Å²) in [5, 5.41) is 14.8. The fourth-order valence-corrected chi connectivity index (χ4v) is 2.69. The van der Waals surface area contributed by atoms with E-state index in [0.717, 1.165) is 31.2 Å². The van der Waals surface area contributed by atoms with Gasteiger partial charge in [-0.3, -0.25) is 9.59 Å². The molecule has 1 aromatic carbocycles. The van der Waals surface area contributed by atoms with E-state index in [1.807, 2.05) is 6.07 Å². The molecule has 2 rings (SSSR count). The summed E-state index contributed by atoms with van der Waals surface area (Å²) in [6, 6.07) is 9.14. The molecule has 0 saturated heterocycles. The predicted octanol–water partition coefficient (Wildman–Crippen LogP) is 3.00. The van der Waals surface area contributed by atoms with E-state index in [1.54, 1.807) is 30.3 Å². The van der Waals surface area contributed by atoms with Gasteiger partial charge in [-0.1, -0.05) is 31.4 Å². The lowest BCUT2D eigenvalue weighted by molar-refractivity contribution is -0.118. The summed E-state index contributed by atoms with van der Waals surface area (Å²) in [4.78, 5) is 23.2. The van der Waals surface area contributed by atoms with E-state index in [0.29, 0.717) is 5.69 Å². The van der Waals surface area contributed by atoms with Crippen molar-refractivity contribution in [3.63, 3.8) is 0 Å². The third kappa shape index (κ3) is 5.26. The van der Waals surface area contributed by atoms with Crippen LogP contribution >= 0.6 is 0 Å². The van der Waals surface area contributed by atoms with Gasteiger partial charge in [-0.2, -0.15) is 5.26 Å². The van der Waals surface area contributed by atoms with Crippen molar-refractivity contribution < 1.29 is 9.59 Å². The van der Waals surface area contributed by atoms with Crippen LogP contribution in [0, 0.1) is 11.3 Å². The maximum absolute atomic E-state index is 12.2. The molecule has 2 N–H and O–H groups in total. The molecule has 5 heteroatoms. The van der Waals surface area contributed by atoms with Crippen LogP contribution in [0.3, 0.4) is 0 Å². The first-order chi connectivity index (χ1) is 11.1. The van der Waals surface area contributed by atoms with Crippen LogP contribution in [0.2, 0.25) is 0 Å². The second kappa shape index (κ2) is 8.14. The van der Waals surface area contributed by atoms with Gasteiger partial charge in [0.05, 0.1) is 0 Å². The number of hydrogen-bond donors (Lipinski definition) is 2. The van der Waals surface area contributed by atoms with Crippen molar-refractivity contribution in [1.82, 2.24) is 5.32 Å². The van der Waals surface area contributed by atoms with Gasteiger partial charge < -0.3 is 10.6 Å². The van der Waals surface area contributed by atoms with E-state index in [4.69, 9.17) is 0 Å². The lowest BCUT2D eigenvalue weighted by Gasteiger charge is -2.22. The molecule has 0 bridgehead atoms. The van der Waals surface area contributed by atoms with Gasteiger partial charge in [0.25, 0.3) is 5.91 Å². The summed E-state index contributed by atoms with van der Waals surface area (Å²) >= 11 is 0. The van der Waals surface area contributed by atoms with Gasteiger partial charge in [-0.15, -0.1) is 0 Å². The SMILES string of the molecule is CC(=O)Nc1ccc(/C=C(/C#N)C(=O)NC2CCCCC2)cc1. The van der Waals surface area contributed by atoms with E-state index in [-0.39, 0.29) is 23.4 Å². The van der Waals surface area contributed by atoms with Crippen LogP contribution in [0.15, 0.2) is 29.8 Å². The molecule has 0 aliphatic heterocycles. The molecule has 5 nitrogen and oxygen atoms in total. The third-order valence-corrected chi connectivity index (χ3v) is 3.85. The van der Waals surface area contributed by atoms with Gasteiger partial charge >= 0.3 is 0 Å². The lowest BCUT2D eigenvalue weighted by Crippen LogP contribution is -2.36. The van der Waals surface area contributed by atoms with Crippen molar-refractivity contribution >= 4 is 23.6 Å². The summed E-state index contributed by atoms with van der Waals surface area (Å²) in [6.07, 6.45) is 7.00. The van der Waals surface area contributed by atoms with E-state index in [2.05, 4.69) is 10.6 Å². The molecule has 1 fully saturated rings. The minimum Gasteiger partial charge on any atom is -0.349 e. The molecule has 1 saturated carbocycles. The Bertz CT molecular complexity index is 635. The molecular formula is C18H21N3O2. The zero-order valence-corrected chi connectivity index (χ0v) is 13.3. The normalized spacial score (nSPS) is 15.6. The minimum absolute atomic E-state index is 0.0999. The van der Waals surface area contributed by atoms with Crippen molar-refractivity contribution in [1.29, 1.82) is 5.26 Å². The van der Waals surface area contributed by atoms with Crippen LogP contribution in [0.4, 0.5) is 5.69 Å². The quantitative estimate of drug-likeness (QED) is 0.662. The van der Waals surface area contributed by atoms with Crippen molar-refractivity contribution in [2.24, 2.45) is 0 Å². The number of anilines is 1. The fraction of sp³-hybridized carbons (Fsp3) is 0.389. The second-order valence-electron chi connectivity index (χ2n) is 5.78.